The number of hydrogen-bond acceptors (Lipinski definition) is 2. The van der Waals surface area contributed by atoms with Gasteiger partial charge in [-0.15, -0.1) is 11.8 Å². The highest BCUT2D eigenvalue weighted by Crippen LogP contribution is 2.29. The first kappa shape index (κ1) is 13.7. The standard InChI is InChI=1S/C13H12BrF2NS/c14-10-6-11(12(13(15)16)17-7-10)18-8-9-4-2-1-3-5-9/h1-6,10,13H,7-8H2. The van der Waals surface area contributed by atoms with Gasteiger partial charge in [-0.2, -0.15) is 0 Å². The molecule has 18 heavy (non-hydrogen) atoms. The molecule has 0 fully saturated rings. The molecule has 5 heteroatoms. The van der Waals surface area contributed by atoms with Crippen molar-refractivity contribution in [2.45, 2.75) is 17.0 Å². The second-order valence-electron chi connectivity index (χ2n) is 3.85. The minimum absolute atomic E-state index is 0.0540. The highest BCUT2D eigenvalue weighted by molar-refractivity contribution is 9.09. The van der Waals surface area contributed by atoms with Gasteiger partial charge in [-0.05, 0) is 5.56 Å². The van der Waals surface area contributed by atoms with E-state index in [9.17, 15) is 8.78 Å². The minimum Gasteiger partial charge on any atom is -0.281 e. The molecule has 1 aliphatic rings. The largest absolute Gasteiger partial charge is 0.281 e. The third-order valence-corrected chi connectivity index (χ3v) is 4.15. The second-order valence-corrected chi connectivity index (χ2v) is 6.04. The maximum Gasteiger partial charge on any atom is 0.281 e. The molecule has 1 nitrogen and oxygen atoms in total. The third kappa shape index (κ3) is 3.65. The van der Waals surface area contributed by atoms with E-state index in [1.54, 1.807) is 0 Å². The Bertz CT molecular complexity index is 459. The van der Waals surface area contributed by atoms with E-state index in [0.29, 0.717) is 17.2 Å². The number of nitrogens with zero attached hydrogens (tertiary/aromatic N) is 1. The minimum atomic E-state index is -2.50. The van der Waals surface area contributed by atoms with Gasteiger partial charge in [-0.25, -0.2) is 8.78 Å². The Balaban J connectivity index is 2.04. The fourth-order valence-electron chi connectivity index (χ4n) is 1.60. The van der Waals surface area contributed by atoms with E-state index in [-0.39, 0.29) is 10.5 Å². The summed E-state index contributed by atoms with van der Waals surface area (Å²) >= 11 is 4.80. The lowest BCUT2D eigenvalue weighted by atomic mass is 10.2. The lowest BCUT2D eigenvalue weighted by Crippen LogP contribution is -2.20. The highest BCUT2D eigenvalue weighted by Gasteiger charge is 2.23. The van der Waals surface area contributed by atoms with Crippen molar-refractivity contribution in [1.29, 1.82) is 0 Å². The van der Waals surface area contributed by atoms with Gasteiger partial charge in [0.15, 0.2) is 0 Å². The van der Waals surface area contributed by atoms with E-state index in [1.807, 2.05) is 36.4 Å². The Morgan fingerprint density at radius 3 is 2.72 bits per heavy atom. The molecule has 0 aromatic heterocycles. The van der Waals surface area contributed by atoms with Crippen molar-refractivity contribution in [2.24, 2.45) is 4.99 Å². The first-order valence-electron chi connectivity index (χ1n) is 5.52. The van der Waals surface area contributed by atoms with Gasteiger partial charge >= 0.3 is 0 Å². The summed E-state index contributed by atoms with van der Waals surface area (Å²) in [5.41, 5.74) is 1.04. The SMILES string of the molecule is FC(F)C1=NCC(Br)C=C1SCc1ccccc1. The van der Waals surface area contributed by atoms with Gasteiger partial charge in [0.1, 0.15) is 5.71 Å². The molecule has 2 rings (SSSR count). The molecule has 0 amide bonds. The number of hydrogen-bond donors (Lipinski definition) is 0. The first-order chi connectivity index (χ1) is 8.66. The van der Waals surface area contributed by atoms with E-state index < -0.39 is 6.43 Å². The van der Waals surface area contributed by atoms with Gasteiger partial charge in [-0.1, -0.05) is 52.3 Å². The van der Waals surface area contributed by atoms with Gasteiger partial charge in [0.25, 0.3) is 6.43 Å². The summed E-state index contributed by atoms with van der Waals surface area (Å²) in [7, 11) is 0. The summed E-state index contributed by atoms with van der Waals surface area (Å²) < 4.78 is 25.6. The van der Waals surface area contributed by atoms with Gasteiger partial charge in [0.2, 0.25) is 0 Å². The molecule has 0 radical (unpaired) electrons. The van der Waals surface area contributed by atoms with Crippen LogP contribution < -0.4 is 0 Å². The number of thioether (sulfide) groups is 1. The molecule has 1 aliphatic heterocycles. The van der Waals surface area contributed by atoms with Crippen molar-refractivity contribution < 1.29 is 8.78 Å². The Labute approximate surface area is 118 Å². The van der Waals surface area contributed by atoms with E-state index in [0.717, 1.165) is 5.56 Å². The Morgan fingerprint density at radius 2 is 2.06 bits per heavy atom. The molecule has 1 aromatic carbocycles. The topological polar surface area (TPSA) is 12.4 Å². The zero-order valence-corrected chi connectivity index (χ0v) is 11.9. The molecular formula is C13H12BrF2NS. The number of dihydropyridines is 1. The molecule has 96 valence electrons. The Kier molecular flexibility index (Phi) is 4.95. The van der Waals surface area contributed by atoms with Crippen molar-refractivity contribution in [1.82, 2.24) is 0 Å². The maximum absolute atomic E-state index is 12.8. The van der Waals surface area contributed by atoms with Crippen LogP contribution in [0.25, 0.3) is 0 Å². The summed E-state index contributed by atoms with van der Waals surface area (Å²) in [4.78, 5) is 4.57. The quantitative estimate of drug-likeness (QED) is 0.750. The summed E-state index contributed by atoms with van der Waals surface area (Å²) in [6, 6.07) is 9.80. The number of rotatable bonds is 4. The Hall–Kier alpha value is -0.680. The fraction of sp³-hybridized carbons (Fsp3) is 0.308. The van der Waals surface area contributed by atoms with Crippen LogP contribution in [0, 0.1) is 0 Å². The first-order valence-corrected chi connectivity index (χ1v) is 7.42. The van der Waals surface area contributed by atoms with Gasteiger partial charge in [-0.3, -0.25) is 4.99 Å². The van der Waals surface area contributed by atoms with Crippen molar-refractivity contribution in [3.05, 3.63) is 46.9 Å². The van der Waals surface area contributed by atoms with Crippen LogP contribution in [-0.4, -0.2) is 23.5 Å². The average Bonchev–Trinajstić information content (AvgIpc) is 2.37. The molecule has 0 saturated heterocycles. The smallest absolute Gasteiger partial charge is 0.281 e. The Morgan fingerprint density at radius 1 is 1.33 bits per heavy atom. The molecular weight excluding hydrogens is 320 g/mol. The van der Waals surface area contributed by atoms with E-state index in [1.165, 1.54) is 11.8 Å². The van der Waals surface area contributed by atoms with Crippen LogP contribution in [0.1, 0.15) is 5.56 Å². The van der Waals surface area contributed by atoms with Gasteiger partial charge in [0.05, 0.1) is 11.4 Å². The van der Waals surface area contributed by atoms with Crippen LogP contribution in [0.15, 0.2) is 46.3 Å². The maximum atomic E-state index is 12.8. The van der Waals surface area contributed by atoms with Crippen LogP contribution in [0.3, 0.4) is 0 Å². The number of halogens is 3. The van der Waals surface area contributed by atoms with Crippen molar-refractivity contribution in [2.75, 3.05) is 6.54 Å². The summed E-state index contributed by atoms with van der Waals surface area (Å²) in [6.07, 6.45) is -0.679. The summed E-state index contributed by atoms with van der Waals surface area (Å²) in [5.74, 6) is 0.679. The van der Waals surface area contributed by atoms with Crippen LogP contribution in [-0.2, 0) is 5.75 Å². The van der Waals surface area contributed by atoms with E-state index in [4.69, 9.17) is 0 Å². The third-order valence-electron chi connectivity index (χ3n) is 2.46. The average molecular weight is 332 g/mol. The van der Waals surface area contributed by atoms with Crippen LogP contribution in [0.5, 0.6) is 0 Å². The number of alkyl halides is 3. The van der Waals surface area contributed by atoms with Crippen molar-refractivity contribution in [3.63, 3.8) is 0 Å². The monoisotopic (exact) mass is 331 g/mol. The second kappa shape index (κ2) is 6.48. The number of allylic oxidation sites excluding steroid dienone is 1. The molecule has 1 aromatic rings. The fourth-order valence-corrected chi connectivity index (χ4v) is 3.26. The molecule has 0 aliphatic carbocycles. The molecule has 1 unspecified atom stereocenters. The van der Waals surface area contributed by atoms with Gasteiger partial charge in [0, 0.05) is 10.7 Å². The zero-order chi connectivity index (χ0) is 13.0. The van der Waals surface area contributed by atoms with Crippen molar-refractivity contribution in [3.8, 4) is 0 Å². The van der Waals surface area contributed by atoms with Crippen LogP contribution in [0.2, 0.25) is 0 Å². The predicted molar refractivity (Wildman–Crippen MR) is 76.8 cm³/mol. The molecule has 0 N–H and O–H groups in total. The predicted octanol–water partition coefficient (Wildman–Crippen LogP) is 4.29. The molecule has 0 spiro atoms. The van der Waals surface area contributed by atoms with E-state index in [2.05, 4.69) is 20.9 Å². The number of benzene rings is 1. The molecule has 0 saturated carbocycles. The number of aliphatic imine (C=N–C) groups is 1. The lowest BCUT2D eigenvalue weighted by Gasteiger charge is -2.17. The summed E-state index contributed by atoms with van der Waals surface area (Å²) in [6.45, 7) is 0.384. The van der Waals surface area contributed by atoms with Gasteiger partial charge < -0.3 is 0 Å². The highest BCUT2D eigenvalue weighted by atomic mass is 79.9. The molecule has 1 atom stereocenters. The molecule has 0 bridgehead atoms. The van der Waals surface area contributed by atoms with Crippen LogP contribution >= 0.6 is 27.7 Å². The molecule has 1 heterocycles. The lowest BCUT2D eigenvalue weighted by molar-refractivity contribution is 0.226. The van der Waals surface area contributed by atoms with E-state index >= 15 is 0 Å². The zero-order valence-electron chi connectivity index (χ0n) is 9.52. The normalized spacial score (nSPS) is 19.7. The van der Waals surface area contributed by atoms with Crippen LogP contribution in [0.4, 0.5) is 8.78 Å². The summed E-state index contributed by atoms with van der Waals surface area (Å²) in [5, 5.41) is 0. The van der Waals surface area contributed by atoms with Crippen molar-refractivity contribution >= 4 is 33.4 Å².